The Morgan fingerprint density at radius 1 is 0.674 bits per heavy atom. The molecule has 11 nitrogen and oxygen atoms in total. The smallest absolute Gasteiger partial charge is 1.00 e. The Morgan fingerprint density at radius 2 is 0.870 bits per heavy atom. The van der Waals surface area contributed by atoms with Gasteiger partial charge in [0, 0.05) is 26.2 Å². The van der Waals surface area contributed by atoms with Crippen molar-refractivity contribution >= 4 is 26.0 Å². The fourth-order valence-electron chi connectivity index (χ4n) is 2.32. The van der Waals surface area contributed by atoms with Gasteiger partial charge in [-0.05, 0) is 41.0 Å². The van der Waals surface area contributed by atoms with Crippen LogP contribution in [0, 0.1) is 0 Å². The van der Waals surface area contributed by atoms with Gasteiger partial charge in [0.15, 0.2) is 20.2 Å². The number of halogens is 10. The standard InChI is InChI=1S/2C6H14N2.C3H6O.2C2H2F4O3S.2CH4.2ClH.2K/c2*1-3-8-5-4-7(2)6-8;1-3(2)4;2*3-1(4)2(5,6)10(7,8)9;;;;;;/h2*3-6H2,1-2H3;1-2H3;2*1H,(H,7,8,9);2*1H4;2*1H;;/q;;;;;;;;;2*+1/p-4. The maximum atomic E-state index is 11.4. The number of Topliss-reactive ketones (excluding diaryl/α,β-unsaturated/α-hetero) is 1. The number of ketones is 1. The average molecular weight is 830 g/mol. The maximum Gasteiger partial charge on any atom is 1.00 e. The molecular weight excluding hydrogens is 785 g/mol. The second-order valence-electron chi connectivity index (χ2n) is 8.40. The molecule has 0 saturated carbocycles. The van der Waals surface area contributed by atoms with E-state index in [4.69, 9.17) is 0 Å². The van der Waals surface area contributed by atoms with E-state index in [1.807, 2.05) is 0 Å². The van der Waals surface area contributed by atoms with Crippen LogP contribution in [0.15, 0.2) is 0 Å². The molecule has 0 amide bonds. The first-order valence-electron chi connectivity index (χ1n) is 11.3. The molecule has 46 heavy (non-hydrogen) atoms. The summed E-state index contributed by atoms with van der Waals surface area (Å²) in [6, 6.07) is 0. The van der Waals surface area contributed by atoms with Crippen LogP contribution in [-0.2, 0) is 25.0 Å². The van der Waals surface area contributed by atoms with Crippen molar-refractivity contribution in [3.63, 3.8) is 0 Å². The molecule has 0 radical (unpaired) electrons. The molecule has 2 aliphatic heterocycles. The second-order valence-corrected chi connectivity index (χ2v) is 11.3. The van der Waals surface area contributed by atoms with Gasteiger partial charge in [0.05, 0.1) is 13.3 Å². The van der Waals surface area contributed by atoms with Gasteiger partial charge in [-0.1, -0.05) is 28.7 Å². The van der Waals surface area contributed by atoms with E-state index in [1.54, 1.807) is 0 Å². The van der Waals surface area contributed by atoms with Crippen molar-refractivity contribution in [2.75, 3.05) is 66.7 Å². The molecule has 2 saturated heterocycles. The quantitative estimate of drug-likeness (QED) is 0.143. The summed E-state index contributed by atoms with van der Waals surface area (Å²) in [5.74, 6) is 0.167. The molecule has 276 valence electrons. The zero-order chi connectivity index (χ0) is 32.7. The van der Waals surface area contributed by atoms with E-state index in [9.17, 15) is 65.9 Å². The van der Waals surface area contributed by atoms with Crippen molar-refractivity contribution in [1.29, 1.82) is 0 Å². The van der Waals surface area contributed by atoms with Crippen molar-refractivity contribution in [1.82, 2.24) is 19.6 Å². The molecule has 0 aromatic rings. The Kier molecular flexibility index (Phi) is 51.1. The first-order chi connectivity index (χ1) is 17.8. The van der Waals surface area contributed by atoms with Crippen molar-refractivity contribution in [3.05, 3.63) is 0 Å². The van der Waals surface area contributed by atoms with Crippen LogP contribution in [0.2, 0.25) is 0 Å². The summed E-state index contributed by atoms with van der Waals surface area (Å²) in [4.78, 5) is 19.0. The van der Waals surface area contributed by atoms with Gasteiger partial charge in [-0.3, -0.25) is 19.6 Å². The van der Waals surface area contributed by atoms with Crippen LogP contribution in [0.25, 0.3) is 0 Å². The fraction of sp³-hybridized carbons (Fsp3) is 0.952. The predicted molar refractivity (Wildman–Crippen MR) is 141 cm³/mol. The number of rotatable bonds is 6. The molecule has 25 heteroatoms. The van der Waals surface area contributed by atoms with Gasteiger partial charge in [-0.2, -0.15) is 17.6 Å². The fourth-order valence-corrected chi connectivity index (χ4v) is 2.76. The predicted octanol–water partition coefficient (Wildman–Crippen LogP) is -8.92. The number of hydrogen-bond donors (Lipinski definition) is 0. The second kappa shape index (κ2) is 33.5. The van der Waals surface area contributed by atoms with Gasteiger partial charge in [0.2, 0.25) is 0 Å². The monoisotopic (exact) mass is 828 g/mol. The average Bonchev–Trinajstić information content (AvgIpc) is 3.40. The van der Waals surface area contributed by atoms with Gasteiger partial charge in [0.1, 0.15) is 5.78 Å². The molecule has 0 aromatic heterocycles. The Morgan fingerprint density at radius 3 is 0.913 bits per heavy atom. The van der Waals surface area contributed by atoms with Gasteiger partial charge in [0.25, 0.3) is 0 Å². The number of likely N-dealkylation sites (N-methyl/N-ethyl adjacent to an activating group) is 4. The zero-order valence-corrected chi connectivity index (χ0v) is 34.9. The zero-order valence-electron chi connectivity index (χ0n) is 25.6. The molecular formula is C21H44Cl2F8K2N4O7S2-2. The summed E-state index contributed by atoms with van der Waals surface area (Å²) in [6.45, 7) is 17.2. The van der Waals surface area contributed by atoms with Crippen molar-refractivity contribution in [3.8, 4) is 0 Å². The molecule has 0 aromatic carbocycles. The Labute approximate surface area is 366 Å². The van der Waals surface area contributed by atoms with Crippen LogP contribution in [0.4, 0.5) is 35.1 Å². The Hall–Kier alpha value is 2.62. The molecule has 0 N–H and O–H groups in total. The van der Waals surface area contributed by atoms with E-state index in [1.165, 1.54) is 53.1 Å². The van der Waals surface area contributed by atoms with E-state index in [2.05, 4.69) is 47.5 Å². The van der Waals surface area contributed by atoms with Crippen LogP contribution in [0.3, 0.4) is 0 Å². The van der Waals surface area contributed by atoms with Crippen molar-refractivity contribution in [2.45, 2.75) is 65.9 Å². The van der Waals surface area contributed by atoms with E-state index in [-0.39, 0.29) is 148 Å². The van der Waals surface area contributed by atoms with Crippen LogP contribution in [-0.4, -0.2) is 141 Å². The van der Waals surface area contributed by atoms with Crippen molar-refractivity contribution in [2.24, 2.45) is 0 Å². The SMILES string of the molecule is C.C.CC(C)=O.CCN1CCN(C)C1.CCN1CCN(C)C1.O=S(=O)([O-])C(F)(F)C(F)F.O=S(=O)([O-])C(F)(F)C(F)F.[Cl-].[Cl-].[K+].[K+]. The van der Waals surface area contributed by atoms with Crippen LogP contribution >= 0.6 is 0 Å². The topological polar surface area (TPSA) is 144 Å². The summed E-state index contributed by atoms with van der Waals surface area (Å²) in [5, 5.41) is -11.0. The molecule has 0 bridgehead atoms. The minimum absolute atomic E-state index is 0. The normalized spacial score (nSPS) is 15.3. The molecule has 0 spiro atoms. The summed E-state index contributed by atoms with van der Waals surface area (Å²) in [5.41, 5.74) is 0. The van der Waals surface area contributed by atoms with E-state index < -0.39 is 43.6 Å². The van der Waals surface area contributed by atoms with Gasteiger partial charge >= 0.3 is 126 Å². The molecule has 2 aliphatic rings. The first-order valence-corrected chi connectivity index (χ1v) is 14.1. The minimum atomic E-state index is -6.23. The van der Waals surface area contributed by atoms with Gasteiger partial charge in [-0.25, -0.2) is 34.4 Å². The van der Waals surface area contributed by atoms with E-state index in [0.29, 0.717) is 0 Å². The molecule has 2 rings (SSSR count). The number of alkyl halides is 8. The third-order valence-electron chi connectivity index (χ3n) is 4.55. The molecule has 0 atom stereocenters. The molecule has 0 aliphatic carbocycles. The maximum absolute atomic E-state index is 11.4. The van der Waals surface area contributed by atoms with Crippen LogP contribution in [0.5, 0.6) is 0 Å². The van der Waals surface area contributed by atoms with Crippen molar-refractivity contribution < 1.29 is 193 Å². The molecule has 0 unspecified atom stereocenters. The number of carbonyl (C=O) groups is 1. The summed E-state index contributed by atoms with van der Waals surface area (Å²) in [6.07, 6.45) is -8.95. The number of carbonyl (C=O) groups excluding carboxylic acids is 1. The Balaban J connectivity index is -0.0000000525. The third kappa shape index (κ3) is 32.5. The van der Waals surface area contributed by atoms with E-state index >= 15 is 0 Å². The first kappa shape index (κ1) is 70.2. The number of nitrogens with zero attached hydrogens (tertiary/aromatic N) is 4. The Bertz CT molecular complexity index is 883. The van der Waals surface area contributed by atoms with Gasteiger partial charge in [-0.15, -0.1) is 0 Å². The number of hydrogen-bond acceptors (Lipinski definition) is 11. The summed E-state index contributed by atoms with van der Waals surface area (Å²) < 4.78 is 145. The van der Waals surface area contributed by atoms with Crippen LogP contribution < -0.4 is 128 Å². The minimum Gasteiger partial charge on any atom is -1.00 e. The summed E-state index contributed by atoms with van der Waals surface area (Å²) >= 11 is 0. The summed E-state index contributed by atoms with van der Waals surface area (Å²) in [7, 11) is -8.15. The third-order valence-corrected chi connectivity index (χ3v) is 6.24. The van der Waals surface area contributed by atoms with Gasteiger partial charge < -0.3 is 38.7 Å². The van der Waals surface area contributed by atoms with Crippen LogP contribution in [0.1, 0.15) is 42.5 Å². The molecule has 2 fully saturated rings. The largest absolute Gasteiger partial charge is 1.00 e. The molecule has 2 heterocycles. The van der Waals surface area contributed by atoms with E-state index in [0.717, 1.165) is 13.3 Å².